The maximum absolute atomic E-state index is 12.4. The van der Waals surface area contributed by atoms with Gasteiger partial charge < -0.3 is 0 Å². The topological polar surface area (TPSA) is 54.9 Å². The van der Waals surface area contributed by atoms with Crippen molar-refractivity contribution in [2.45, 2.75) is 6.18 Å². The highest BCUT2D eigenvalue weighted by atomic mass is 79.9. The van der Waals surface area contributed by atoms with Crippen molar-refractivity contribution in [3.63, 3.8) is 0 Å². The molecule has 20 heavy (non-hydrogen) atoms. The molecule has 1 aromatic carbocycles. The molecule has 2 aromatic rings. The highest BCUT2D eigenvalue weighted by Gasteiger charge is 2.30. The Morgan fingerprint density at radius 2 is 1.65 bits per heavy atom. The third-order valence-electron chi connectivity index (χ3n) is 2.32. The molecule has 8 heteroatoms. The van der Waals surface area contributed by atoms with Gasteiger partial charge in [-0.05, 0) is 40.2 Å². The van der Waals surface area contributed by atoms with E-state index in [-0.39, 0.29) is 11.5 Å². The maximum Gasteiger partial charge on any atom is 0.416 e. The molecule has 1 heterocycles. The fraction of sp³-hybridized carbons (Fsp3) is 0.0833. The average Bonchev–Trinajstić information content (AvgIpc) is 2.40. The van der Waals surface area contributed by atoms with Gasteiger partial charge in [-0.1, -0.05) is 0 Å². The molecule has 0 aliphatic rings. The predicted octanol–water partition coefficient (Wildman–Crippen LogP) is 3.51. The van der Waals surface area contributed by atoms with E-state index in [1.54, 1.807) is 0 Å². The summed E-state index contributed by atoms with van der Waals surface area (Å²) in [5.74, 6) is -0.515. The number of amides is 1. The minimum Gasteiger partial charge on any atom is -0.290 e. The van der Waals surface area contributed by atoms with Crippen molar-refractivity contribution in [3.8, 4) is 0 Å². The summed E-state index contributed by atoms with van der Waals surface area (Å²) in [4.78, 5) is 19.4. The van der Waals surface area contributed by atoms with Gasteiger partial charge in [0.05, 0.1) is 10.0 Å². The van der Waals surface area contributed by atoms with E-state index >= 15 is 0 Å². The summed E-state index contributed by atoms with van der Waals surface area (Å²) in [5.41, 5.74) is -0.724. The minimum atomic E-state index is -4.43. The number of rotatable bonds is 2. The molecule has 104 valence electrons. The van der Waals surface area contributed by atoms with Gasteiger partial charge in [-0.3, -0.25) is 10.1 Å². The fourth-order valence-corrected chi connectivity index (χ4v) is 1.57. The zero-order valence-electron chi connectivity index (χ0n) is 9.78. The summed E-state index contributed by atoms with van der Waals surface area (Å²) >= 11 is 3.14. The molecule has 0 spiro atoms. The van der Waals surface area contributed by atoms with Crippen molar-refractivity contribution in [1.29, 1.82) is 0 Å². The number of benzene rings is 1. The Labute approximate surface area is 120 Å². The summed E-state index contributed by atoms with van der Waals surface area (Å²) in [6.07, 6.45) is -1.55. The summed E-state index contributed by atoms with van der Waals surface area (Å²) in [5, 5.41) is 2.38. The fourth-order valence-electron chi connectivity index (χ4n) is 1.36. The van der Waals surface area contributed by atoms with Crippen molar-refractivity contribution in [2.24, 2.45) is 0 Å². The summed E-state index contributed by atoms with van der Waals surface area (Å²) in [6, 6.07) is 3.88. The first-order valence-electron chi connectivity index (χ1n) is 5.32. The lowest BCUT2D eigenvalue weighted by Gasteiger charge is -2.07. The molecule has 1 N–H and O–H groups in total. The number of alkyl halides is 3. The number of carbonyl (C=O) groups is 1. The molecule has 1 amide bonds. The predicted molar refractivity (Wildman–Crippen MR) is 69.1 cm³/mol. The number of hydrogen-bond donors (Lipinski definition) is 1. The number of nitrogens with zero attached hydrogens (tertiary/aromatic N) is 2. The SMILES string of the molecule is O=C(Nc1ncc(Br)cn1)c1ccc(C(F)(F)F)cc1. The van der Waals surface area contributed by atoms with Crippen molar-refractivity contribution >= 4 is 27.8 Å². The second-order valence-electron chi connectivity index (χ2n) is 3.75. The number of hydrogen-bond acceptors (Lipinski definition) is 3. The highest BCUT2D eigenvalue weighted by molar-refractivity contribution is 9.10. The van der Waals surface area contributed by atoms with Gasteiger partial charge in [0.15, 0.2) is 0 Å². The van der Waals surface area contributed by atoms with Crippen LogP contribution < -0.4 is 5.32 Å². The largest absolute Gasteiger partial charge is 0.416 e. The molecule has 4 nitrogen and oxygen atoms in total. The lowest BCUT2D eigenvalue weighted by molar-refractivity contribution is -0.137. The van der Waals surface area contributed by atoms with Crippen molar-refractivity contribution in [2.75, 3.05) is 5.32 Å². The van der Waals surface area contributed by atoms with Crippen LogP contribution in [-0.2, 0) is 6.18 Å². The van der Waals surface area contributed by atoms with Crippen LogP contribution in [0.4, 0.5) is 19.1 Å². The summed E-state index contributed by atoms with van der Waals surface area (Å²) < 4.78 is 37.8. The number of halogens is 4. The zero-order valence-corrected chi connectivity index (χ0v) is 11.4. The van der Waals surface area contributed by atoms with Crippen LogP contribution >= 0.6 is 15.9 Å². The van der Waals surface area contributed by atoms with E-state index in [0.29, 0.717) is 4.47 Å². The first-order chi connectivity index (χ1) is 9.36. The Balaban J connectivity index is 2.11. The number of nitrogens with one attached hydrogen (secondary N) is 1. The van der Waals surface area contributed by atoms with Crippen molar-refractivity contribution < 1.29 is 18.0 Å². The van der Waals surface area contributed by atoms with E-state index in [1.807, 2.05) is 0 Å². The first-order valence-corrected chi connectivity index (χ1v) is 6.12. The number of carbonyl (C=O) groups excluding carboxylic acids is 1. The Morgan fingerprint density at radius 1 is 1.10 bits per heavy atom. The van der Waals surface area contributed by atoms with Crippen LogP contribution in [0.5, 0.6) is 0 Å². The normalized spacial score (nSPS) is 11.2. The number of anilines is 1. The van der Waals surface area contributed by atoms with E-state index in [2.05, 4.69) is 31.2 Å². The van der Waals surface area contributed by atoms with Gasteiger partial charge in [0.2, 0.25) is 5.95 Å². The Morgan fingerprint density at radius 3 is 2.15 bits per heavy atom. The molecule has 0 atom stereocenters. The summed E-state index contributed by atoms with van der Waals surface area (Å²) in [7, 11) is 0. The van der Waals surface area contributed by atoms with Gasteiger partial charge in [0.1, 0.15) is 0 Å². The quantitative estimate of drug-likeness (QED) is 0.906. The maximum atomic E-state index is 12.4. The van der Waals surface area contributed by atoms with Gasteiger partial charge >= 0.3 is 6.18 Å². The van der Waals surface area contributed by atoms with Crippen LogP contribution in [0.2, 0.25) is 0 Å². The Kier molecular flexibility index (Phi) is 4.03. The molecular weight excluding hydrogens is 339 g/mol. The second kappa shape index (κ2) is 5.58. The molecular formula is C12H7BrF3N3O. The van der Waals surface area contributed by atoms with Gasteiger partial charge in [-0.15, -0.1) is 0 Å². The van der Waals surface area contributed by atoms with Gasteiger partial charge in [0, 0.05) is 18.0 Å². The van der Waals surface area contributed by atoms with Crippen LogP contribution in [0, 0.1) is 0 Å². The van der Waals surface area contributed by atoms with Crippen LogP contribution in [0.25, 0.3) is 0 Å². The van der Waals surface area contributed by atoms with Crippen LogP contribution in [0.1, 0.15) is 15.9 Å². The smallest absolute Gasteiger partial charge is 0.290 e. The molecule has 0 unspecified atom stereocenters. The van der Waals surface area contributed by atoms with E-state index < -0.39 is 17.6 Å². The highest BCUT2D eigenvalue weighted by Crippen LogP contribution is 2.29. The lowest BCUT2D eigenvalue weighted by atomic mass is 10.1. The van der Waals surface area contributed by atoms with Crippen LogP contribution in [-0.4, -0.2) is 15.9 Å². The molecule has 0 saturated carbocycles. The Bertz CT molecular complexity index is 611. The lowest BCUT2D eigenvalue weighted by Crippen LogP contribution is -2.14. The zero-order chi connectivity index (χ0) is 14.8. The van der Waals surface area contributed by atoms with Gasteiger partial charge in [0.25, 0.3) is 5.91 Å². The van der Waals surface area contributed by atoms with Crippen LogP contribution in [0.3, 0.4) is 0 Å². The van der Waals surface area contributed by atoms with E-state index in [0.717, 1.165) is 24.3 Å². The standard InChI is InChI=1S/C12H7BrF3N3O/c13-9-5-17-11(18-6-9)19-10(20)7-1-3-8(4-2-7)12(14,15)16/h1-6H,(H,17,18,19,20). The van der Waals surface area contributed by atoms with E-state index in [9.17, 15) is 18.0 Å². The molecule has 0 aliphatic heterocycles. The van der Waals surface area contributed by atoms with Crippen molar-refractivity contribution in [3.05, 3.63) is 52.3 Å². The average molecular weight is 346 g/mol. The molecule has 0 fully saturated rings. The molecule has 0 aliphatic carbocycles. The molecule has 1 aromatic heterocycles. The second-order valence-corrected chi connectivity index (χ2v) is 4.67. The third kappa shape index (κ3) is 3.53. The van der Waals surface area contributed by atoms with Gasteiger partial charge in [-0.25, -0.2) is 9.97 Å². The minimum absolute atomic E-state index is 0.0677. The summed E-state index contributed by atoms with van der Waals surface area (Å²) in [6.45, 7) is 0. The van der Waals surface area contributed by atoms with Crippen molar-refractivity contribution in [1.82, 2.24) is 9.97 Å². The third-order valence-corrected chi connectivity index (χ3v) is 2.73. The molecule has 2 rings (SSSR count). The monoisotopic (exact) mass is 345 g/mol. The van der Waals surface area contributed by atoms with Crippen LogP contribution in [0.15, 0.2) is 41.1 Å². The molecule has 0 radical (unpaired) electrons. The first kappa shape index (κ1) is 14.4. The van der Waals surface area contributed by atoms with E-state index in [4.69, 9.17) is 0 Å². The molecule has 0 bridgehead atoms. The number of aromatic nitrogens is 2. The van der Waals surface area contributed by atoms with E-state index in [1.165, 1.54) is 12.4 Å². The molecule has 0 saturated heterocycles. The Hall–Kier alpha value is -1.96. The van der Waals surface area contributed by atoms with Gasteiger partial charge in [-0.2, -0.15) is 13.2 Å².